The summed E-state index contributed by atoms with van der Waals surface area (Å²) in [7, 11) is 0. The van der Waals surface area contributed by atoms with Crippen LogP contribution in [-0.2, 0) is 6.42 Å². The summed E-state index contributed by atoms with van der Waals surface area (Å²) in [5, 5.41) is 3.97. The number of benzene rings is 2. The molecule has 1 aliphatic heterocycles. The Kier molecular flexibility index (Phi) is 3.30. The first-order valence-corrected chi connectivity index (χ1v) is 6.53. The van der Waals surface area contributed by atoms with E-state index in [1.54, 1.807) is 6.07 Å². The average Bonchev–Trinajstić information content (AvgIpc) is 2.78. The van der Waals surface area contributed by atoms with Gasteiger partial charge in [-0.1, -0.05) is 17.7 Å². The van der Waals surface area contributed by atoms with Crippen LogP contribution in [0.1, 0.15) is 5.56 Å². The normalized spacial score (nSPS) is 16.8. The zero-order chi connectivity index (χ0) is 13.2. The molecule has 0 saturated carbocycles. The summed E-state index contributed by atoms with van der Waals surface area (Å²) in [6.07, 6.45) is 0.747. The molecule has 3 rings (SSSR count). The molecule has 1 heterocycles. The van der Waals surface area contributed by atoms with Crippen molar-refractivity contribution in [1.29, 1.82) is 0 Å². The molecule has 0 radical (unpaired) electrons. The van der Waals surface area contributed by atoms with Gasteiger partial charge in [0.15, 0.2) is 0 Å². The number of nitrogens with one attached hydrogen (secondary N) is 1. The van der Waals surface area contributed by atoms with Gasteiger partial charge in [-0.25, -0.2) is 4.39 Å². The van der Waals surface area contributed by atoms with Crippen molar-refractivity contribution in [3.05, 3.63) is 58.9 Å². The summed E-state index contributed by atoms with van der Waals surface area (Å²) in [5.74, 6) is 0.560. The molecule has 0 aromatic heterocycles. The molecule has 0 bridgehead atoms. The molecule has 0 saturated heterocycles. The molecule has 0 fully saturated rings. The van der Waals surface area contributed by atoms with Gasteiger partial charge in [0.25, 0.3) is 0 Å². The SMILES string of the molecule is Fc1ccc2c(c1)CC(CNc1cccc(Cl)c1)O2. The zero-order valence-electron chi connectivity index (χ0n) is 10.2. The summed E-state index contributed by atoms with van der Waals surface area (Å²) in [4.78, 5) is 0. The van der Waals surface area contributed by atoms with E-state index in [1.165, 1.54) is 12.1 Å². The van der Waals surface area contributed by atoms with E-state index in [-0.39, 0.29) is 11.9 Å². The van der Waals surface area contributed by atoms with Gasteiger partial charge in [0.2, 0.25) is 0 Å². The maximum atomic E-state index is 13.1. The molecule has 0 spiro atoms. The van der Waals surface area contributed by atoms with E-state index in [2.05, 4.69) is 5.32 Å². The number of hydrogen-bond donors (Lipinski definition) is 1. The highest BCUT2D eigenvalue weighted by atomic mass is 35.5. The third kappa shape index (κ3) is 2.82. The second kappa shape index (κ2) is 5.10. The van der Waals surface area contributed by atoms with Crippen LogP contribution in [0.2, 0.25) is 5.02 Å². The van der Waals surface area contributed by atoms with E-state index in [0.29, 0.717) is 11.6 Å². The molecule has 4 heteroatoms. The molecule has 19 heavy (non-hydrogen) atoms. The minimum Gasteiger partial charge on any atom is -0.488 e. The van der Waals surface area contributed by atoms with Crippen molar-refractivity contribution in [3.63, 3.8) is 0 Å². The zero-order valence-corrected chi connectivity index (χ0v) is 11.0. The second-order valence-corrected chi connectivity index (χ2v) is 5.02. The number of ether oxygens (including phenoxy) is 1. The van der Waals surface area contributed by atoms with Gasteiger partial charge in [-0.15, -0.1) is 0 Å². The summed E-state index contributed by atoms with van der Waals surface area (Å²) < 4.78 is 18.9. The third-order valence-corrected chi connectivity index (χ3v) is 3.36. The fourth-order valence-electron chi connectivity index (χ4n) is 2.23. The molecule has 1 aliphatic rings. The van der Waals surface area contributed by atoms with Crippen molar-refractivity contribution in [2.75, 3.05) is 11.9 Å². The monoisotopic (exact) mass is 277 g/mol. The molecule has 0 amide bonds. The Hall–Kier alpha value is -1.74. The molecule has 1 atom stereocenters. The van der Waals surface area contributed by atoms with Gasteiger partial charge in [0.05, 0.1) is 6.54 Å². The average molecular weight is 278 g/mol. The molecule has 1 unspecified atom stereocenters. The Labute approximate surface area is 116 Å². The molecule has 98 valence electrons. The van der Waals surface area contributed by atoms with Crippen molar-refractivity contribution >= 4 is 17.3 Å². The number of hydrogen-bond acceptors (Lipinski definition) is 2. The fourth-order valence-corrected chi connectivity index (χ4v) is 2.42. The van der Waals surface area contributed by atoms with Gasteiger partial charge in [-0.05, 0) is 36.4 Å². The number of halogens is 2. The van der Waals surface area contributed by atoms with Gasteiger partial charge >= 0.3 is 0 Å². The Bertz CT molecular complexity index is 602. The largest absolute Gasteiger partial charge is 0.488 e. The molecule has 0 aliphatic carbocycles. The summed E-state index contributed by atoms with van der Waals surface area (Å²) in [6.45, 7) is 0.663. The standard InChI is InChI=1S/C15H13ClFNO/c16-11-2-1-3-13(8-11)18-9-14-7-10-6-12(17)4-5-15(10)19-14/h1-6,8,14,18H,7,9H2. The van der Waals surface area contributed by atoms with Crippen molar-refractivity contribution in [2.24, 2.45) is 0 Å². The summed E-state index contributed by atoms with van der Waals surface area (Å²) >= 11 is 5.92. The smallest absolute Gasteiger partial charge is 0.123 e. The first kappa shape index (κ1) is 12.3. The molecule has 1 N–H and O–H groups in total. The fraction of sp³-hybridized carbons (Fsp3) is 0.200. The summed E-state index contributed by atoms with van der Waals surface area (Å²) in [6, 6.07) is 12.2. The van der Waals surface area contributed by atoms with Crippen LogP contribution in [-0.4, -0.2) is 12.6 Å². The minimum absolute atomic E-state index is 0.0239. The highest BCUT2D eigenvalue weighted by molar-refractivity contribution is 6.30. The van der Waals surface area contributed by atoms with Crippen molar-refractivity contribution in [3.8, 4) is 5.75 Å². The first-order chi connectivity index (χ1) is 9.20. The lowest BCUT2D eigenvalue weighted by Crippen LogP contribution is -2.23. The Morgan fingerprint density at radius 1 is 1.26 bits per heavy atom. The van der Waals surface area contributed by atoms with Crippen LogP contribution in [0.4, 0.5) is 10.1 Å². The molecule has 2 aromatic rings. The van der Waals surface area contributed by atoms with E-state index in [1.807, 2.05) is 24.3 Å². The quantitative estimate of drug-likeness (QED) is 0.919. The van der Waals surface area contributed by atoms with Gasteiger partial charge in [-0.3, -0.25) is 0 Å². The molecule has 2 nitrogen and oxygen atoms in total. The van der Waals surface area contributed by atoms with Crippen LogP contribution in [0.25, 0.3) is 0 Å². The van der Waals surface area contributed by atoms with E-state index in [9.17, 15) is 4.39 Å². The van der Waals surface area contributed by atoms with E-state index in [4.69, 9.17) is 16.3 Å². The van der Waals surface area contributed by atoms with E-state index < -0.39 is 0 Å². The first-order valence-electron chi connectivity index (χ1n) is 6.15. The molecular weight excluding hydrogens is 265 g/mol. The van der Waals surface area contributed by atoms with Crippen LogP contribution < -0.4 is 10.1 Å². The lowest BCUT2D eigenvalue weighted by atomic mass is 10.1. The van der Waals surface area contributed by atoms with Crippen molar-refractivity contribution in [2.45, 2.75) is 12.5 Å². The lowest BCUT2D eigenvalue weighted by molar-refractivity contribution is 0.246. The van der Waals surface area contributed by atoms with Gasteiger partial charge in [0, 0.05) is 22.7 Å². The minimum atomic E-state index is -0.217. The predicted octanol–water partition coefficient (Wildman–Crippen LogP) is 3.89. The Morgan fingerprint density at radius 3 is 3.00 bits per heavy atom. The van der Waals surface area contributed by atoms with Crippen LogP contribution >= 0.6 is 11.6 Å². The summed E-state index contributed by atoms with van der Waals surface area (Å²) in [5.41, 5.74) is 1.89. The third-order valence-electron chi connectivity index (χ3n) is 3.12. The lowest BCUT2D eigenvalue weighted by Gasteiger charge is -2.13. The van der Waals surface area contributed by atoms with Crippen LogP contribution in [0, 0.1) is 5.82 Å². The van der Waals surface area contributed by atoms with Crippen LogP contribution in [0.5, 0.6) is 5.75 Å². The van der Waals surface area contributed by atoms with Crippen molar-refractivity contribution < 1.29 is 9.13 Å². The van der Waals surface area contributed by atoms with Crippen LogP contribution in [0.3, 0.4) is 0 Å². The van der Waals surface area contributed by atoms with Gasteiger partial charge in [-0.2, -0.15) is 0 Å². The highest BCUT2D eigenvalue weighted by Gasteiger charge is 2.22. The van der Waals surface area contributed by atoms with E-state index in [0.717, 1.165) is 23.4 Å². The Balaban J connectivity index is 1.62. The molecular formula is C15H13ClFNO. The topological polar surface area (TPSA) is 21.3 Å². The maximum absolute atomic E-state index is 13.1. The second-order valence-electron chi connectivity index (χ2n) is 4.59. The van der Waals surface area contributed by atoms with E-state index >= 15 is 0 Å². The highest BCUT2D eigenvalue weighted by Crippen LogP contribution is 2.29. The van der Waals surface area contributed by atoms with Crippen LogP contribution in [0.15, 0.2) is 42.5 Å². The van der Waals surface area contributed by atoms with Gasteiger partial charge in [0.1, 0.15) is 17.7 Å². The predicted molar refractivity (Wildman–Crippen MR) is 74.5 cm³/mol. The van der Waals surface area contributed by atoms with Gasteiger partial charge < -0.3 is 10.1 Å². The molecule has 2 aromatic carbocycles. The Morgan fingerprint density at radius 2 is 2.16 bits per heavy atom. The van der Waals surface area contributed by atoms with Crippen molar-refractivity contribution in [1.82, 2.24) is 0 Å². The number of anilines is 1. The maximum Gasteiger partial charge on any atom is 0.123 e. The number of fused-ring (bicyclic) bond motifs is 1. The number of rotatable bonds is 3.